The van der Waals surface area contributed by atoms with Crippen molar-refractivity contribution >= 4 is 29.3 Å². The second-order valence-corrected chi connectivity index (χ2v) is 8.82. The van der Waals surface area contributed by atoms with Crippen molar-refractivity contribution in [3.63, 3.8) is 0 Å². The average Bonchev–Trinajstić information content (AvgIpc) is 2.78. The van der Waals surface area contributed by atoms with Gasteiger partial charge in [-0.05, 0) is 30.5 Å². The fraction of sp³-hybridized carbons (Fsp3) is 0.476. The van der Waals surface area contributed by atoms with E-state index in [1.54, 1.807) is 6.33 Å². The first-order chi connectivity index (χ1) is 14.6. The summed E-state index contributed by atoms with van der Waals surface area (Å²) in [4.78, 5) is 25.8. The van der Waals surface area contributed by atoms with Crippen molar-refractivity contribution in [2.24, 2.45) is 5.92 Å². The van der Waals surface area contributed by atoms with Crippen LogP contribution >= 0.6 is 11.8 Å². The number of halogens is 2. The topological polar surface area (TPSA) is 61.4 Å². The van der Waals surface area contributed by atoms with E-state index in [0.29, 0.717) is 18.4 Å². The minimum absolute atomic E-state index is 0.0755. The number of piperidine rings is 1. The minimum atomic E-state index is -0.639. The van der Waals surface area contributed by atoms with Gasteiger partial charge in [0.1, 0.15) is 29.6 Å². The molecule has 0 radical (unpaired) electrons. The molecule has 2 aromatic rings. The number of nitrogens with zero attached hydrogens (tertiary/aromatic N) is 4. The number of nitrogens with one attached hydrogen (secondary N) is 1. The summed E-state index contributed by atoms with van der Waals surface area (Å²) in [6.45, 7) is 3.59. The molecule has 0 unspecified atom stereocenters. The Morgan fingerprint density at radius 3 is 2.20 bits per heavy atom. The molecule has 0 atom stereocenters. The van der Waals surface area contributed by atoms with Gasteiger partial charge in [-0.1, -0.05) is 0 Å². The standard InChI is InChI=1S/C21H25F2N5OS/c22-17-9-15(10-18(23)11-17)13-24-21(29)16-1-3-27(4-2-16)19-12-20(26-14-25-19)28-5-7-30-8-6-28/h9-12,14,16H,1-8,13H2,(H,24,29). The van der Waals surface area contributed by atoms with Crippen molar-refractivity contribution in [3.8, 4) is 0 Å². The van der Waals surface area contributed by atoms with Crippen LogP contribution in [-0.4, -0.2) is 53.6 Å². The lowest BCUT2D eigenvalue weighted by Gasteiger charge is -2.33. The lowest BCUT2D eigenvalue weighted by atomic mass is 9.96. The van der Waals surface area contributed by atoms with Crippen LogP contribution < -0.4 is 15.1 Å². The van der Waals surface area contributed by atoms with Crippen molar-refractivity contribution in [2.45, 2.75) is 19.4 Å². The van der Waals surface area contributed by atoms with E-state index in [2.05, 4.69) is 25.1 Å². The fourth-order valence-electron chi connectivity index (χ4n) is 3.89. The van der Waals surface area contributed by atoms with Gasteiger partial charge in [0.25, 0.3) is 0 Å². The highest BCUT2D eigenvalue weighted by Crippen LogP contribution is 2.25. The molecule has 1 aromatic heterocycles. The highest BCUT2D eigenvalue weighted by molar-refractivity contribution is 7.99. The first kappa shape index (κ1) is 20.8. The normalized spacial score (nSPS) is 17.8. The van der Waals surface area contributed by atoms with Crippen LogP contribution in [0.2, 0.25) is 0 Å². The molecule has 2 aliphatic heterocycles. The van der Waals surface area contributed by atoms with Gasteiger partial charge >= 0.3 is 0 Å². The van der Waals surface area contributed by atoms with Gasteiger partial charge in [-0.2, -0.15) is 11.8 Å². The predicted molar refractivity (Wildman–Crippen MR) is 115 cm³/mol. The molecule has 6 nitrogen and oxygen atoms in total. The van der Waals surface area contributed by atoms with E-state index in [1.807, 2.05) is 17.8 Å². The summed E-state index contributed by atoms with van der Waals surface area (Å²) < 4.78 is 26.6. The zero-order valence-corrected chi connectivity index (χ0v) is 17.5. The molecule has 2 fully saturated rings. The van der Waals surface area contributed by atoms with Gasteiger partial charge in [0.2, 0.25) is 5.91 Å². The molecule has 4 rings (SSSR count). The van der Waals surface area contributed by atoms with Crippen molar-refractivity contribution in [2.75, 3.05) is 47.5 Å². The smallest absolute Gasteiger partial charge is 0.223 e. The van der Waals surface area contributed by atoms with Gasteiger partial charge in [0.15, 0.2) is 0 Å². The van der Waals surface area contributed by atoms with E-state index in [-0.39, 0.29) is 18.4 Å². The van der Waals surface area contributed by atoms with Crippen LogP contribution in [0, 0.1) is 17.6 Å². The Hall–Kier alpha value is -2.42. The second kappa shape index (κ2) is 9.59. The van der Waals surface area contributed by atoms with E-state index in [1.165, 1.54) is 12.1 Å². The molecule has 1 N–H and O–H groups in total. The van der Waals surface area contributed by atoms with Crippen LogP contribution in [-0.2, 0) is 11.3 Å². The third-order valence-corrected chi connectivity index (χ3v) is 6.49. The lowest BCUT2D eigenvalue weighted by molar-refractivity contribution is -0.125. The molecule has 9 heteroatoms. The number of benzene rings is 1. The molecule has 30 heavy (non-hydrogen) atoms. The van der Waals surface area contributed by atoms with Gasteiger partial charge in [0, 0.05) is 62.3 Å². The van der Waals surface area contributed by atoms with Crippen LogP contribution in [0.25, 0.3) is 0 Å². The van der Waals surface area contributed by atoms with Gasteiger partial charge in [0.05, 0.1) is 0 Å². The molecule has 2 saturated heterocycles. The Labute approximate surface area is 179 Å². The van der Waals surface area contributed by atoms with Crippen molar-refractivity contribution in [1.29, 1.82) is 0 Å². The quantitative estimate of drug-likeness (QED) is 0.783. The molecular weight excluding hydrogens is 408 g/mol. The van der Waals surface area contributed by atoms with Crippen LogP contribution in [0.15, 0.2) is 30.6 Å². The Balaban J connectivity index is 1.29. The van der Waals surface area contributed by atoms with Gasteiger partial charge in [-0.3, -0.25) is 4.79 Å². The number of carbonyl (C=O) groups excluding carboxylic acids is 1. The summed E-state index contributed by atoms with van der Waals surface area (Å²) in [5.74, 6) is 2.62. The predicted octanol–water partition coefficient (Wildman–Crippen LogP) is 2.84. The van der Waals surface area contributed by atoms with E-state index in [4.69, 9.17) is 0 Å². The number of anilines is 2. The third kappa shape index (κ3) is 5.19. The maximum absolute atomic E-state index is 13.3. The number of hydrogen-bond donors (Lipinski definition) is 1. The fourth-order valence-corrected chi connectivity index (χ4v) is 4.80. The maximum atomic E-state index is 13.3. The number of aromatic nitrogens is 2. The van der Waals surface area contributed by atoms with Gasteiger partial charge in [-0.15, -0.1) is 0 Å². The summed E-state index contributed by atoms with van der Waals surface area (Å²) in [6, 6.07) is 5.33. The summed E-state index contributed by atoms with van der Waals surface area (Å²) in [5, 5.41) is 2.80. The van der Waals surface area contributed by atoms with Crippen molar-refractivity contribution in [1.82, 2.24) is 15.3 Å². The van der Waals surface area contributed by atoms with Crippen LogP contribution in [0.4, 0.5) is 20.4 Å². The summed E-state index contributed by atoms with van der Waals surface area (Å²) in [7, 11) is 0. The minimum Gasteiger partial charge on any atom is -0.356 e. The zero-order chi connectivity index (χ0) is 20.9. The lowest BCUT2D eigenvalue weighted by Crippen LogP contribution is -2.41. The number of amides is 1. The average molecular weight is 434 g/mol. The third-order valence-electron chi connectivity index (χ3n) is 5.55. The largest absolute Gasteiger partial charge is 0.356 e. The second-order valence-electron chi connectivity index (χ2n) is 7.59. The highest BCUT2D eigenvalue weighted by atomic mass is 32.2. The van der Waals surface area contributed by atoms with Gasteiger partial charge in [-0.25, -0.2) is 18.7 Å². The summed E-state index contributed by atoms with van der Waals surface area (Å²) in [6.07, 6.45) is 3.04. The molecule has 0 bridgehead atoms. The molecular formula is C21H25F2N5OS. The molecule has 3 heterocycles. The van der Waals surface area contributed by atoms with Crippen molar-refractivity contribution in [3.05, 3.63) is 47.8 Å². The SMILES string of the molecule is O=C(NCc1cc(F)cc(F)c1)C1CCN(c2cc(N3CCSCC3)ncn2)CC1. The Kier molecular flexibility index (Phi) is 6.66. The Morgan fingerprint density at radius 2 is 1.57 bits per heavy atom. The van der Waals surface area contributed by atoms with Crippen LogP contribution in [0.3, 0.4) is 0 Å². The first-order valence-corrected chi connectivity index (χ1v) is 11.4. The number of carbonyl (C=O) groups is 1. The first-order valence-electron chi connectivity index (χ1n) is 10.2. The monoisotopic (exact) mass is 433 g/mol. The van der Waals surface area contributed by atoms with E-state index < -0.39 is 11.6 Å². The molecule has 0 spiro atoms. The number of thioether (sulfide) groups is 1. The van der Waals surface area contributed by atoms with Gasteiger partial charge < -0.3 is 15.1 Å². The Morgan fingerprint density at radius 1 is 0.967 bits per heavy atom. The molecule has 1 aromatic carbocycles. The van der Waals surface area contributed by atoms with E-state index in [0.717, 1.165) is 55.4 Å². The van der Waals surface area contributed by atoms with E-state index >= 15 is 0 Å². The highest BCUT2D eigenvalue weighted by Gasteiger charge is 2.26. The maximum Gasteiger partial charge on any atom is 0.223 e. The van der Waals surface area contributed by atoms with Crippen LogP contribution in [0.5, 0.6) is 0 Å². The van der Waals surface area contributed by atoms with Crippen molar-refractivity contribution < 1.29 is 13.6 Å². The van der Waals surface area contributed by atoms with E-state index in [9.17, 15) is 13.6 Å². The molecule has 160 valence electrons. The number of rotatable bonds is 5. The zero-order valence-electron chi connectivity index (χ0n) is 16.7. The van der Waals surface area contributed by atoms with Crippen LogP contribution in [0.1, 0.15) is 18.4 Å². The molecule has 0 saturated carbocycles. The summed E-state index contributed by atoms with van der Waals surface area (Å²) >= 11 is 1.96. The molecule has 2 aliphatic rings. The summed E-state index contributed by atoms with van der Waals surface area (Å²) in [5.41, 5.74) is 0.419. The molecule has 0 aliphatic carbocycles. The number of hydrogen-bond acceptors (Lipinski definition) is 6. The Bertz CT molecular complexity index is 865. The molecule has 1 amide bonds.